The van der Waals surface area contributed by atoms with E-state index in [2.05, 4.69) is 0 Å². The predicted molar refractivity (Wildman–Crippen MR) is 50.9 cm³/mol. The summed E-state index contributed by atoms with van der Waals surface area (Å²) < 4.78 is 5.26. The highest BCUT2D eigenvalue weighted by Crippen LogP contribution is 2.14. The average molecular weight is 165 g/mol. The second-order valence-corrected chi connectivity index (χ2v) is 2.84. The number of anilines is 1. The molecular formula is C10H15NO. The molecule has 0 amide bonds. The van der Waals surface area contributed by atoms with Crippen molar-refractivity contribution in [2.24, 2.45) is 0 Å². The van der Waals surface area contributed by atoms with Crippen molar-refractivity contribution < 1.29 is 4.74 Å². The first kappa shape index (κ1) is 9.07. The highest BCUT2D eigenvalue weighted by Gasteiger charge is 1.97. The zero-order valence-corrected chi connectivity index (χ0v) is 7.63. The van der Waals surface area contributed by atoms with Gasteiger partial charge in [-0.15, -0.1) is 0 Å². The van der Waals surface area contributed by atoms with E-state index < -0.39 is 0 Å². The Morgan fingerprint density at radius 3 is 2.75 bits per heavy atom. The monoisotopic (exact) mass is 165 g/mol. The lowest BCUT2D eigenvalue weighted by molar-refractivity contribution is 0.134. The normalized spacial score (nSPS) is 10.2. The molecule has 0 bridgehead atoms. The minimum Gasteiger partial charge on any atom is -0.398 e. The third-order valence-corrected chi connectivity index (χ3v) is 1.76. The summed E-state index contributed by atoms with van der Waals surface area (Å²) in [6.45, 7) is 5.35. The first-order valence-corrected chi connectivity index (χ1v) is 4.16. The number of nitrogens with two attached hydrogens (primary N) is 1. The van der Waals surface area contributed by atoms with Crippen LogP contribution in [0.4, 0.5) is 5.69 Å². The number of benzene rings is 1. The number of nitrogen functional groups attached to an aromatic ring is 1. The van der Waals surface area contributed by atoms with Gasteiger partial charge in [-0.2, -0.15) is 0 Å². The van der Waals surface area contributed by atoms with E-state index in [1.165, 1.54) is 5.56 Å². The van der Waals surface area contributed by atoms with Gasteiger partial charge in [-0.25, -0.2) is 0 Å². The Morgan fingerprint density at radius 2 is 2.17 bits per heavy atom. The Morgan fingerprint density at radius 1 is 1.42 bits per heavy atom. The molecule has 1 aromatic carbocycles. The summed E-state index contributed by atoms with van der Waals surface area (Å²) in [5.41, 5.74) is 8.86. The molecule has 0 unspecified atom stereocenters. The fourth-order valence-corrected chi connectivity index (χ4v) is 1.06. The van der Waals surface area contributed by atoms with Gasteiger partial charge in [0.05, 0.1) is 6.61 Å². The van der Waals surface area contributed by atoms with E-state index in [4.69, 9.17) is 10.5 Å². The quantitative estimate of drug-likeness (QED) is 0.696. The maximum atomic E-state index is 5.78. The number of hydrogen-bond acceptors (Lipinski definition) is 2. The maximum absolute atomic E-state index is 5.78. The fraction of sp³-hybridized carbons (Fsp3) is 0.400. The van der Waals surface area contributed by atoms with Crippen molar-refractivity contribution in [1.82, 2.24) is 0 Å². The van der Waals surface area contributed by atoms with Gasteiger partial charge < -0.3 is 10.5 Å². The molecule has 1 aromatic rings. The van der Waals surface area contributed by atoms with Crippen LogP contribution >= 0.6 is 0 Å². The maximum Gasteiger partial charge on any atom is 0.0736 e. The number of ether oxygens (including phenoxy) is 1. The Kier molecular flexibility index (Phi) is 3.11. The van der Waals surface area contributed by atoms with Crippen LogP contribution in [0, 0.1) is 6.92 Å². The largest absolute Gasteiger partial charge is 0.398 e. The molecule has 0 atom stereocenters. The van der Waals surface area contributed by atoms with E-state index in [0.29, 0.717) is 6.61 Å². The first-order chi connectivity index (χ1) is 5.74. The van der Waals surface area contributed by atoms with Crippen LogP contribution in [0.3, 0.4) is 0 Å². The molecule has 0 saturated carbocycles. The Balaban J connectivity index is 2.72. The van der Waals surface area contributed by atoms with E-state index >= 15 is 0 Å². The smallest absolute Gasteiger partial charge is 0.0736 e. The molecule has 0 spiro atoms. The molecule has 0 aliphatic rings. The van der Waals surface area contributed by atoms with E-state index in [9.17, 15) is 0 Å². The van der Waals surface area contributed by atoms with Gasteiger partial charge in [-0.3, -0.25) is 0 Å². The van der Waals surface area contributed by atoms with Crippen molar-refractivity contribution in [3.8, 4) is 0 Å². The number of rotatable bonds is 3. The predicted octanol–water partition coefficient (Wildman–Crippen LogP) is 2.11. The van der Waals surface area contributed by atoms with Crippen LogP contribution in [-0.4, -0.2) is 6.61 Å². The summed E-state index contributed by atoms with van der Waals surface area (Å²) in [6, 6.07) is 6.03. The fourth-order valence-electron chi connectivity index (χ4n) is 1.06. The topological polar surface area (TPSA) is 35.2 Å². The SMILES string of the molecule is CCOCc1ccc(C)cc1N. The minimum atomic E-state index is 0.614. The van der Waals surface area contributed by atoms with E-state index in [1.807, 2.05) is 32.0 Å². The minimum absolute atomic E-state index is 0.614. The van der Waals surface area contributed by atoms with Crippen LogP contribution in [0.5, 0.6) is 0 Å². The zero-order chi connectivity index (χ0) is 8.97. The van der Waals surface area contributed by atoms with Gasteiger partial charge in [0.25, 0.3) is 0 Å². The Bertz CT molecular complexity index is 258. The zero-order valence-electron chi connectivity index (χ0n) is 7.63. The summed E-state index contributed by atoms with van der Waals surface area (Å²) in [4.78, 5) is 0. The van der Waals surface area contributed by atoms with Gasteiger partial charge >= 0.3 is 0 Å². The molecule has 2 heteroatoms. The first-order valence-electron chi connectivity index (χ1n) is 4.16. The van der Waals surface area contributed by atoms with Crippen molar-refractivity contribution in [3.63, 3.8) is 0 Å². The van der Waals surface area contributed by atoms with Crippen LogP contribution < -0.4 is 5.73 Å². The molecule has 0 saturated heterocycles. The lowest BCUT2D eigenvalue weighted by Crippen LogP contribution is -1.97. The average Bonchev–Trinajstić information content (AvgIpc) is 2.03. The number of aryl methyl sites for hydroxylation is 1. The van der Waals surface area contributed by atoms with Gasteiger partial charge in [0, 0.05) is 17.9 Å². The summed E-state index contributed by atoms with van der Waals surface area (Å²) >= 11 is 0. The third-order valence-electron chi connectivity index (χ3n) is 1.76. The molecule has 1 rings (SSSR count). The van der Waals surface area contributed by atoms with Crippen LogP contribution in [0.1, 0.15) is 18.1 Å². The molecule has 0 aliphatic heterocycles. The Hall–Kier alpha value is -1.02. The lowest BCUT2D eigenvalue weighted by Gasteiger charge is -2.05. The molecule has 0 fully saturated rings. The van der Waals surface area contributed by atoms with E-state index in [1.54, 1.807) is 0 Å². The standard InChI is InChI=1S/C10H15NO/c1-3-12-7-9-5-4-8(2)6-10(9)11/h4-6H,3,7,11H2,1-2H3. The van der Waals surface area contributed by atoms with Crippen LogP contribution in [0.15, 0.2) is 18.2 Å². The van der Waals surface area contributed by atoms with Gasteiger partial charge in [-0.1, -0.05) is 12.1 Å². The van der Waals surface area contributed by atoms with Crippen LogP contribution in [0.25, 0.3) is 0 Å². The summed E-state index contributed by atoms with van der Waals surface area (Å²) in [7, 11) is 0. The molecule has 0 heterocycles. The van der Waals surface area contributed by atoms with Gasteiger partial charge in [-0.05, 0) is 25.5 Å². The Labute approximate surface area is 73.3 Å². The molecule has 2 N–H and O–H groups in total. The summed E-state index contributed by atoms with van der Waals surface area (Å²) in [5.74, 6) is 0. The van der Waals surface area contributed by atoms with Gasteiger partial charge in [0.2, 0.25) is 0 Å². The second-order valence-electron chi connectivity index (χ2n) is 2.84. The molecule has 0 aliphatic carbocycles. The number of hydrogen-bond donors (Lipinski definition) is 1. The highest BCUT2D eigenvalue weighted by atomic mass is 16.5. The molecule has 2 nitrogen and oxygen atoms in total. The molecule has 12 heavy (non-hydrogen) atoms. The summed E-state index contributed by atoms with van der Waals surface area (Å²) in [6.07, 6.45) is 0. The van der Waals surface area contributed by atoms with Crippen molar-refractivity contribution in [2.45, 2.75) is 20.5 Å². The molecular weight excluding hydrogens is 150 g/mol. The van der Waals surface area contributed by atoms with Gasteiger partial charge in [0.1, 0.15) is 0 Å². The van der Waals surface area contributed by atoms with Crippen LogP contribution in [-0.2, 0) is 11.3 Å². The molecule has 0 radical (unpaired) electrons. The second kappa shape index (κ2) is 4.12. The van der Waals surface area contributed by atoms with Crippen molar-refractivity contribution in [1.29, 1.82) is 0 Å². The van der Waals surface area contributed by atoms with Crippen molar-refractivity contribution in [2.75, 3.05) is 12.3 Å². The van der Waals surface area contributed by atoms with Gasteiger partial charge in [0.15, 0.2) is 0 Å². The lowest BCUT2D eigenvalue weighted by atomic mass is 10.1. The van der Waals surface area contributed by atoms with E-state index in [-0.39, 0.29) is 0 Å². The van der Waals surface area contributed by atoms with E-state index in [0.717, 1.165) is 17.9 Å². The summed E-state index contributed by atoms with van der Waals surface area (Å²) in [5, 5.41) is 0. The third kappa shape index (κ3) is 2.24. The van der Waals surface area contributed by atoms with Crippen molar-refractivity contribution in [3.05, 3.63) is 29.3 Å². The molecule has 0 aromatic heterocycles. The molecule has 66 valence electrons. The van der Waals surface area contributed by atoms with Crippen LogP contribution in [0.2, 0.25) is 0 Å². The highest BCUT2D eigenvalue weighted by molar-refractivity contribution is 5.48. The van der Waals surface area contributed by atoms with Crippen molar-refractivity contribution >= 4 is 5.69 Å².